The van der Waals surface area contributed by atoms with Gasteiger partial charge in [0.1, 0.15) is 0 Å². The molecule has 1 aliphatic carbocycles. The van der Waals surface area contributed by atoms with Gasteiger partial charge in [0.2, 0.25) is 0 Å². The van der Waals surface area contributed by atoms with Crippen LogP contribution >= 0.6 is 0 Å². The lowest BCUT2D eigenvalue weighted by Gasteiger charge is -2.32. The van der Waals surface area contributed by atoms with E-state index in [0.29, 0.717) is 0 Å². The highest BCUT2D eigenvalue weighted by Crippen LogP contribution is 2.35. The Morgan fingerprint density at radius 3 is 2.85 bits per heavy atom. The van der Waals surface area contributed by atoms with Crippen molar-refractivity contribution in [3.8, 4) is 0 Å². The first-order valence-electron chi connectivity index (χ1n) is 5.69. The highest BCUT2D eigenvalue weighted by atomic mass is 16.3. The maximum absolute atomic E-state index is 9.36. The summed E-state index contributed by atoms with van der Waals surface area (Å²) in [5.74, 6) is 0.951. The number of β-amino-alcohol motifs (C(OH)–C–C–N with tert-alkyl or cyclic N) is 1. The minimum atomic E-state index is -0.152. The van der Waals surface area contributed by atoms with Gasteiger partial charge < -0.3 is 5.11 Å². The van der Waals surface area contributed by atoms with Crippen molar-refractivity contribution in [1.29, 1.82) is 0 Å². The molecule has 1 N–H and O–H groups in total. The lowest BCUT2D eigenvalue weighted by Crippen LogP contribution is -2.38. The lowest BCUT2D eigenvalue weighted by atomic mass is 9.85. The van der Waals surface area contributed by atoms with Gasteiger partial charge in [0.05, 0.1) is 6.10 Å². The van der Waals surface area contributed by atoms with Crippen molar-refractivity contribution in [2.24, 2.45) is 5.92 Å². The van der Waals surface area contributed by atoms with E-state index >= 15 is 0 Å². The van der Waals surface area contributed by atoms with E-state index in [2.05, 4.69) is 4.90 Å². The summed E-state index contributed by atoms with van der Waals surface area (Å²) in [5, 5.41) is 9.36. The van der Waals surface area contributed by atoms with E-state index in [1.165, 1.54) is 38.6 Å². The summed E-state index contributed by atoms with van der Waals surface area (Å²) < 4.78 is 0. The Morgan fingerprint density at radius 2 is 2.08 bits per heavy atom. The molecule has 0 aromatic rings. The predicted molar refractivity (Wildman–Crippen MR) is 53.6 cm³/mol. The van der Waals surface area contributed by atoms with E-state index in [-0.39, 0.29) is 6.10 Å². The average Bonchev–Trinajstić information content (AvgIpc) is 2.48. The van der Waals surface area contributed by atoms with Crippen LogP contribution in [-0.4, -0.2) is 35.2 Å². The zero-order valence-electron chi connectivity index (χ0n) is 8.58. The zero-order valence-corrected chi connectivity index (χ0v) is 8.58. The lowest BCUT2D eigenvalue weighted by molar-refractivity contribution is 0.100. The zero-order chi connectivity index (χ0) is 9.26. The molecular formula is C11H21NO. The molecule has 0 aromatic carbocycles. The van der Waals surface area contributed by atoms with Gasteiger partial charge in [-0.15, -0.1) is 0 Å². The third kappa shape index (κ3) is 2.05. The van der Waals surface area contributed by atoms with Crippen molar-refractivity contribution >= 4 is 0 Å². The van der Waals surface area contributed by atoms with Gasteiger partial charge in [0.25, 0.3) is 0 Å². The van der Waals surface area contributed by atoms with Gasteiger partial charge in [-0.3, -0.25) is 4.90 Å². The summed E-state index contributed by atoms with van der Waals surface area (Å²) in [6.07, 6.45) is 6.86. The van der Waals surface area contributed by atoms with Crippen molar-refractivity contribution in [3.63, 3.8) is 0 Å². The number of fused-ring (bicyclic) bond motifs is 1. The topological polar surface area (TPSA) is 23.5 Å². The third-order valence-electron chi connectivity index (χ3n) is 3.62. The Hall–Kier alpha value is -0.0800. The first-order chi connectivity index (χ1) is 6.27. The van der Waals surface area contributed by atoms with Crippen LogP contribution in [-0.2, 0) is 0 Å². The second kappa shape index (κ2) is 3.97. The molecule has 3 unspecified atom stereocenters. The molecule has 1 saturated carbocycles. The molecule has 0 radical (unpaired) electrons. The molecule has 2 rings (SSSR count). The van der Waals surface area contributed by atoms with Crippen molar-refractivity contribution in [3.05, 3.63) is 0 Å². The molecule has 0 amide bonds. The van der Waals surface area contributed by atoms with Crippen LogP contribution in [0, 0.1) is 5.92 Å². The molecule has 3 atom stereocenters. The van der Waals surface area contributed by atoms with Gasteiger partial charge in [0, 0.05) is 12.6 Å². The summed E-state index contributed by atoms with van der Waals surface area (Å²) >= 11 is 0. The van der Waals surface area contributed by atoms with Crippen LogP contribution in [0.4, 0.5) is 0 Å². The van der Waals surface area contributed by atoms with Gasteiger partial charge in [-0.2, -0.15) is 0 Å². The Labute approximate surface area is 80.9 Å². The Morgan fingerprint density at radius 1 is 1.31 bits per heavy atom. The van der Waals surface area contributed by atoms with Crippen LogP contribution < -0.4 is 0 Å². The van der Waals surface area contributed by atoms with Crippen LogP contribution in [0.2, 0.25) is 0 Å². The molecule has 2 heteroatoms. The van der Waals surface area contributed by atoms with E-state index in [0.717, 1.165) is 18.5 Å². The van der Waals surface area contributed by atoms with Gasteiger partial charge in [-0.1, -0.05) is 12.8 Å². The molecule has 2 fully saturated rings. The van der Waals surface area contributed by atoms with Crippen LogP contribution in [0.5, 0.6) is 0 Å². The molecule has 0 aromatic heterocycles. The molecule has 1 saturated heterocycles. The van der Waals surface area contributed by atoms with E-state index < -0.39 is 0 Å². The summed E-state index contributed by atoms with van der Waals surface area (Å²) in [4.78, 5) is 2.51. The van der Waals surface area contributed by atoms with E-state index in [1.807, 2.05) is 6.92 Å². The van der Waals surface area contributed by atoms with Crippen LogP contribution in [0.1, 0.15) is 39.0 Å². The molecule has 2 nitrogen and oxygen atoms in total. The van der Waals surface area contributed by atoms with Crippen LogP contribution in [0.25, 0.3) is 0 Å². The molecule has 13 heavy (non-hydrogen) atoms. The normalized spacial score (nSPS) is 37.4. The highest BCUT2D eigenvalue weighted by molar-refractivity contribution is 4.90. The van der Waals surface area contributed by atoms with Crippen molar-refractivity contribution < 1.29 is 5.11 Å². The number of hydrogen-bond donors (Lipinski definition) is 1. The Kier molecular flexibility index (Phi) is 2.89. The molecule has 76 valence electrons. The maximum atomic E-state index is 9.36. The number of aliphatic hydroxyl groups is 1. The number of hydrogen-bond acceptors (Lipinski definition) is 2. The standard InChI is InChI=1S/C11H21NO/c1-9(13)8-12-7-6-10-4-2-3-5-11(10)12/h9-11,13H,2-8H2,1H3. The summed E-state index contributed by atoms with van der Waals surface area (Å²) in [6.45, 7) is 4.01. The SMILES string of the molecule is CC(O)CN1CCC2CCCCC21. The molecule has 2 aliphatic rings. The Bertz CT molecular complexity index is 169. The van der Waals surface area contributed by atoms with Gasteiger partial charge in [0.15, 0.2) is 0 Å². The fourth-order valence-electron chi connectivity index (χ4n) is 3.07. The fraction of sp³-hybridized carbons (Fsp3) is 1.00. The second-order valence-corrected chi connectivity index (χ2v) is 4.74. The number of aliphatic hydroxyl groups excluding tert-OH is 1. The fourth-order valence-corrected chi connectivity index (χ4v) is 3.07. The van der Waals surface area contributed by atoms with E-state index in [9.17, 15) is 5.11 Å². The highest BCUT2D eigenvalue weighted by Gasteiger charge is 2.35. The third-order valence-corrected chi connectivity index (χ3v) is 3.62. The summed E-state index contributed by atoms with van der Waals surface area (Å²) in [7, 11) is 0. The first-order valence-corrected chi connectivity index (χ1v) is 5.69. The number of rotatable bonds is 2. The van der Waals surface area contributed by atoms with Crippen LogP contribution in [0.15, 0.2) is 0 Å². The molecule has 0 bridgehead atoms. The predicted octanol–water partition coefficient (Wildman–Crippen LogP) is 1.63. The number of nitrogens with zero attached hydrogens (tertiary/aromatic N) is 1. The average molecular weight is 183 g/mol. The summed E-state index contributed by atoms with van der Waals surface area (Å²) in [5.41, 5.74) is 0. The largest absolute Gasteiger partial charge is 0.392 e. The minimum Gasteiger partial charge on any atom is -0.392 e. The number of likely N-dealkylation sites (tertiary alicyclic amines) is 1. The van der Waals surface area contributed by atoms with Gasteiger partial charge >= 0.3 is 0 Å². The quantitative estimate of drug-likeness (QED) is 0.703. The first kappa shape index (κ1) is 9.47. The molecule has 0 spiro atoms. The van der Waals surface area contributed by atoms with Crippen molar-refractivity contribution in [2.45, 2.75) is 51.2 Å². The summed E-state index contributed by atoms with van der Waals surface area (Å²) in [6, 6.07) is 0.809. The minimum absolute atomic E-state index is 0.152. The van der Waals surface area contributed by atoms with Crippen molar-refractivity contribution in [1.82, 2.24) is 4.90 Å². The van der Waals surface area contributed by atoms with E-state index in [1.54, 1.807) is 0 Å². The maximum Gasteiger partial charge on any atom is 0.0639 e. The molecule has 1 aliphatic heterocycles. The monoisotopic (exact) mass is 183 g/mol. The van der Waals surface area contributed by atoms with Crippen molar-refractivity contribution in [2.75, 3.05) is 13.1 Å². The molecular weight excluding hydrogens is 162 g/mol. The Balaban J connectivity index is 1.91. The smallest absolute Gasteiger partial charge is 0.0639 e. The van der Waals surface area contributed by atoms with E-state index in [4.69, 9.17) is 0 Å². The van der Waals surface area contributed by atoms with Gasteiger partial charge in [-0.05, 0) is 38.6 Å². The van der Waals surface area contributed by atoms with Crippen LogP contribution in [0.3, 0.4) is 0 Å². The van der Waals surface area contributed by atoms with Gasteiger partial charge in [-0.25, -0.2) is 0 Å². The molecule has 1 heterocycles. The second-order valence-electron chi connectivity index (χ2n) is 4.74.